The summed E-state index contributed by atoms with van der Waals surface area (Å²) in [5, 5.41) is 9.65. The Morgan fingerprint density at radius 2 is 1.92 bits per heavy atom. The van der Waals surface area contributed by atoms with Crippen LogP contribution in [-0.4, -0.2) is 29.0 Å². The Balaban J connectivity index is 1.82. The van der Waals surface area contributed by atoms with Crippen LogP contribution in [0.25, 0.3) is 33.2 Å². The standard InChI is InChI=1S/C17H16N3O2PS/c1-21-23(2,24)22-12-7-8-15-13(10-12)17(20-19-15)16-9-11-5-3-4-6-14(11)18-16/h3-10,18H,1-2H3,(H,19,20). The van der Waals surface area contributed by atoms with Gasteiger partial charge in [-0.15, -0.1) is 0 Å². The first-order valence-electron chi connectivity index (χ1n) is 7.45. The number of benzene rings is 2. The molecule has 0 saturated heterocycles. The van der Waals surface area contributed by atoms with E-state index in [4.69, 9.17) is 20.9 Å². The molecule has 24 heavy (non-hydrogen) atoms. The molecule has 2 N–H and O–H groups in total. The Kier molecular flexibility index (Phi) is 3.68. The van der Waals surface area contributed by atoms with Gasteiger partial charge in [0.2, 0.25) is 6.49 Å². The minimum absolute atomic E-state index is 0.689. The summed E-state index contributed by atoms with van der Waals surface area (Å²) in [5.41, 5.74) is 3.84. The molecule has 4 rings (SSSR count). The summed E-state index contributed by atoms with van der Waals surface area (Å²) >= 11 is 5.34. The molecule has 2 aromatic carbocycles. The molecule has 0 bridgehead atoms. The van der Waals surface area contributed by atoms with E-state index in [1.54, 1.807) is 13.8 Å². The highest BCUT2D eigenvalue weighted by Gasteiger charge is 2.15. The summed E-state index contributed by atoms with van der Waals surface area (Å²) < 4.78 is 11.1. The van der Waals surface area contributed by atoms with Crippen molar-refractivity contribution >= 4 is 40.1 Å². The predicted molar refractivity (Wildman–Crippen MR) is 101 cm³/mol. The van der Waals surface area contributed by atoms with Gasteiger partial charge >= 0.3 is 0 Å². The smallest absolute Gasteiger partial charge is 0.234 e. The summed E-state index contributed by atoms with van der Waals surface area (Å²) in [6.45, 7) is -0.464. The van der Waals surface area contributed by atoms with Gasteiger partial charge in [-0.05, 0) is 42.1 Å². The number of hydrogen-bond donors (Lipinski definition) is 2. The molecule has 0 spiro atoms. The lowest BCUT2D eigenvalue weighted by Gasteiger charge is -2.16. The Labute approximate surface area is 144 Å². The Hall–Kier alpha value is -2.14. The minimum Gasteiger partial charge on any atom is -0.444 e. The van der Waals surface area contributed by atoms with Gasteiger partial charge in [-0.3, -0.25) is 5.10 Å². The SMILES string of the molecule is COP(C)(=S)Oc1ccc2[nH]nc(-c3cc4ccccc4[nH]3)c2c1. The first-order chi connectivity index (χ1) is 11.6. The van der Waals surface area contributed by atoms with Crippen molar-refractivity contribution in [2.75, 3.05) is 13.8 Å². The number of aromatic nitrogens is 3. The quantitative estimate of drug-likeness (QED) is 0.521. The highest BCUT2D eigenvalue weighted by Crippen LogP contribution is 2.44. The van der Waals surface area contributed by atoms with E-state index in [1.165, 1.54) is 0 Å². The molecule has 0 radical (unpaired) electrons. The predicted octanol–water partition coefficient (Wildman–Crippen LogP) is 4.68. The lowest BCUT2D eigenvalue weighted by Crippen LogP contribution is -1.92. The van der Waals surface area contributed by atoms with E-state index < -0.39 is 6.49 Å². The lowest BCUT2D eigenvalue weighted by molar-refractivity contribution is 0.398. The molecule has 0 aliphatic heterocycles. The summed E-state index contributed by atoms with van der Waals surface area (Å²) in [5.74, 6) is 0.689. The fourth-order valence-electron chi connectivity index (χ4n) is 2.68. The van der Waals surface area contributed by atoms with Crippen LogP contribution in [-0.2, 0) is 16.3 Å². The first kappa shape index (κ1) is 15.4. The number of H-pyrrole nitrogens is 2. The van der Waals surface area contributed by atoms with Gasteiger partial charge in [0, 0.05) is 30.1 Å². The number of aromatic amines is 2. The van der Waals surface area contributed by atoms with Crippen molar-refractivity contribution in [2.24, 2.45) is 0 Å². The highest BCUT2D eigenvalue weighted by atomic mass is 32.5. The average molecular weight is 357 g/mol. The van der Waals surface area contributed by atoms with Crippen LogP contribution in [0.4, 0.5) is 0 Å². The molecule has 7 heteroatoms. The van der Waals surface area contributed by atoms with Crippen molar-refractivity contribution in [2.45, 2.75) is 0 Å². The van der Waals surface area contributed by atoms with E-state index >= 15 is 0 Å². The van der Waals surface area contributed by atoms with Crippen LogP contribution in [0.1, 0.15) is 0 Å². The summed E-state index contributed by atoms with van der Waals surface area (Å²) in [6, 6.07) is 16.0. The Bertz CT molecular complexity index is 1050. The van der Waals surface area contributed by atoms with Crippen LogP contribution in [0, 0.1) is 0 Å². The summed E-state index contributed by atoms with van der Waals surface area (Å²) in [4.78, 5) is 3.41. The van der Waals surface area contributed by atoms with E-state index in [0.717, 1.165) is 33.2 Å². The van der Waals surface area contributed by atoms with Gasteiger partial charge in [-0.2, -0.15) is 5.10 Å². The van der Waals surface area contributed by atoms with Crippen molar-refractivity contribution < 1.29 is 9.05 Å². The minimum atomic E-state index is -2.27. The molecule has 122 valence electrons. The monoisotopic (exact) mass is 357 g/mol. The summed E-state index contributed by atoms with van der Waals surface area (Å²) in [7, 11) is 1.58. The molecule has 0 fully saturated rings. The fraction of sp³-hybridized carbons (Fsp3) is 0.118. The highest BCUT2D eigenvalue weighted by molar-refractivity contribution is 8.09. The topological polar surface area (TPSA) is 62.9 Å². The Morgan fingerprint density at radius 1 is 1.08 bits per heavy atom. The van der Waals surface area contributed by atoms with Crippen LogP contribution in [0.5, 0.6) is 5.75 Å². The lowest BCUT2D eigenvalue weighted by atomic mass is 10.1. The largest absolute Gasteiger partial charge is 0.444 e. The van der Waals surface area contributed by atoms with Crippen molar-refractivity contribution in [3.8, 4) is 17.1 Å². The van der Waals surface area contributed by atoms with Gasteiger partial charge in [0.05, 0.1) is 11.2 Å². The van der Waals surface area contributed by atoms with Gasteiger partial charge in [0.25, 0.3) is 0 Å². The molecule has 2 heterocycles. The second kappa shape index (κ2) is 5.74. The number of hydrogen-bond acceptors (Lipinski definition) is 4. The number of nitrogens with one attached hydrogen (secondary N) is 2. The van der Waals surface area contributed by atoms with E-state index in [0.29, 0.717) is 5.75 Å². The van der Waals surface area contributed by atoms with Crippen LogP contribution in [0.2, 0.25) is 0 Å². The zero-order valence-corrected chi connectivity index (χ0v) is 14.9. The van der Waals surface area contributed by atoms with Gasteiger partial charge < -0.3 is 14.0 Å². The molecule has 0 aliphatic rings. The van der Waals surface area contributed by atoms with Crippen molar-refractivity contribution in [3.63, 3.8) is 0 Å². The maximum Gasteiger partial charge on any atom is 0.234 e. The summed E-state index contributed by atoms with van der Waals surface area (Å²) in [6.07, 6.45) is 0. The van der Waals surface area contributed by atoms with Crippen LogP contribution in [0.3, 0.4) is 0 Å². The van der Waals surface area contributed by atoms with Gasteiger partial charge in [0.15, 0.2) is 0 Å². The second-order valence-electron chi connectivity index (χ2n) is 5.60. The zero-order valence-electron chi connectivity index (χ0n) is 13.2. The fourth-order valence-corrected chi connectivity index (χ4v) is 3.51. The molecular formula is C17H16N3O2PS. The van der Waals surface area contributed by atoms with Gasteiger partial charge in [0.1, 0.15) is 11.4 Å². The molecule has 5 nitrogen and oxygen atoms in total. The maximum atomic E-state index is 5.83. The van der Waals surface area contributed by atoms with Gasteiger partial charge in [-0.25, -0.2) is 0 Å². The number of fused-ring (bicyclic) bond motifs is 2. The third-order valence-corrected chi connectivity index (χ3v) is 5.80. The van der Waals surface area contributed by atoms with Crippen LogP contribution in [0.15, 0.2) is 48.5 Å². The third-order valence-electron chi connectivity index (χ3n) is 3.92. The number of nitrogens with zero attached hydrogens (tertiary/aromatic N) is 1. The molecule has 1 unspecified atom stereocenters. The van der Waals surface area contributed by atoms with E-state index in [9.17, 15) is 0 Å². The molecule has 0 saturated carbocycles. The van der Waals surface area contributed by atoms with Crippen molar-refractivity contribution in [3.05, 3.63) is 48.5 Å². The molecular weight excluding hydrogens is 341 g/mol. The number of rotatable bonds is 4. The van der Waals surface area contributed by atoms with E-state index in [-0.39, 0.29) is 0 Å². The third kappa shape index (κ3) is 2.73. The molecule has 4 aromatic rings. The molecule has 0 amide bonds. The number of para-hydroxylation sites is 1. The van der Waals surface area contributed by atoms with E-state index in [2.05, 4.69) is 27.3 Å². The molecule has 1 atom stereocenters. The normalized spacial score (nSPS) is 14.1. The van der Waals surface area contributed by atoms with E-state index in [1.807, 2.05) is 36.4 Å². The van der Waals surface area contributed by atoms with Crippen LogP contribution >= 0.6 is 6.49 Å². The second-order valence-corrected chi connectivity index (χ2v) is 9.68. The first-order valence-corrected chi connectivity index (χ1v) is 10.5. The van der Waals surface area contributed by atoms with Crippen molar-refractivity contribution in [1.29, 1.82) is 0 Å². The average Bonchev–Trinajstić information content (AvgIpc) is 3.17. The molecule has 2 aromatic heterocycles. The molecule has 0 aliphatic carbocycles. The van der Waals surface area contributed by atoms with Crippen LogP contribution < -0.4 is 4.52 Å². The zero-order chi connectivity index (χ0) is 16.7. The Morgan fingerprint density at radius 3 is 2.71 bits per heavy atom. The maximum absolute atomic E-state index is 5.83. The van der Waals surface area contributed by atoms with Gasteiger partial charge in [-0.1, -0.05) is 18.2 Å². The van der Waals surface area contributed by atoms with Crippen molar-refractivity contribution in [1.82, 2.24) is 15.2 Å².